The van der Waals surface area contributed by atoms with E-state index < -0.39 is 0 Å². The molecule has 90 valence electrons. The standard InChI is InChI=1S/C12H14FN3S/c1-8-5-10(16(2)15-8)7-17-12-6-9(13)3-4-11(12)14/h3-6H,7,14H2,1-2H3. The smallest absolute Gasteiger partial charge is 0.124 e. The monoisotopic (exact) mass is 251 g/mol. The minimum Gasteiger partial charge on any atom is -0.398 e. The summed E-state index contributed by atoms with van der Waals surface area (Å²) in [6, 6.07) is 6.44. The van der Waals surface area contributed by atoms with Gasteiger partial charge in [0.1, 0.15) is 5.82 Å². The number of halogens is 1. The molecule has 0 spiro atoms. The second-order valence-electron chi connectivity index (χ2n) is 3.87. The van der Waals surface area contributed by atoms with E-state index in [9.17, 15) is 4.39 Å². The van der Waals surface area contributed by atoms with E-state index in [0.29, 0.717) is 5.69 Å². The molecule has 1 aromatic heterocycles. The first kappa shape index (κ1) is 12.0. The maximum Gasteiger partial charge on any atom is 0.124 e. The fourth-order valence-corrected chi connectivity index (χ4v) is 2.59. The van der Waals surface area contributed by atoms with Crippen molar-refractivity contribution < 1.29 is 4.39 Å². The van der Waals surface area contributed by atoms with Crippen LogP contribution in [0.25, 0.3) is 0 Å². The molecule has 0 bridgehead atoms. The topological polar surface area (TPSA) is 43.8 Å². The largest absolute Gasteiger partial charge is 0.398 e. The molecule has 1 aromatic carbocycles. The Morgan fingerprint density at radius 3 is 2.82 bits per heavy atom. The van der Waals surface area contributed by atoms with Crippen LogP contribution in [0.15, 0.2) is 29.2 Å². The van der Waals surface area contributed by atoms with Gasteiger partial charge in [0, 0.05) is 29.1 Å². The average molecular weight is 251 g/mol. The van der Waals surface area contributed by atoms with Gasteiger partial charge in [0.15, 0.2) is 0 Å². The first-order chi connectivity index (χ1) is 8.06. The van der Waals surface area contributed by atoms with Gasteiger partial charge in [0.2, 0.25) is 0 Å². The van der Waals surface area contributed by atoms with Gasteiger partial charge in [-0.3, -0.25) is 4.68 Å². The molecule has 2 N–H and O–H groups in total. The van der Waals surface area contributed by atoms with Gasteiger partial charge in [-0.1, -0.05) is 0 Å². The van der Waals surface area contributed by atoms with Gasteiger partial charge in [0.05, 0.1) is 5.69 Å². The molecule has 0 radical (unpaired) electrons. The van der Waals surface area contributed by atoms with Crippen molar-refractivity contribution >= 4 is 17.4 Å². The summed E-state index contributed by atoms with van der Waals surface area (Å²) >= 11 is 1.52. The molecule has 0 saturated heterocycles. The maximum absolute atomic E-state index is 13.1. The minimum atomic E-state index is -0.261. The van der Waals surface area contributed by atoms with Gasteiger partial charge in [-0.05, 0) is 31.2 Å². The molecule has 5 heteroatoms. The lowest BCUT2D eigenvalue weighted by molar-refractivity contribution is 0.624. The highest BCUT2D eigenvalue weighted by Gasteiger charge is 2.06. The molecule has 0 unspecified atom stereocenters. The predicted molar refractivity (Wildman–Crippen MR) is 68.3 cm³/mol. The Bertz CT molecular complexity index is 537. The van der Waals surface area contributed by atoms with Crippen LogP contribution in [0.3, 0.4) is 0 Å². The van der Waals surface area contributed by atoms with Crippen molar-refractivity contribution in [2.45, 2.75) is 17.6 Å². The van der Waals surface area contributed by atoms with Crippen LogP contribution in [0, 0.1) is 12.7 Å². The van der Waals surface area contributed by atoms with E-state index in [2.05, 4.69) is 5.10 Å². The van der Waals surface area contributed by atoms with Crippen molar-refractivity contribution in [3.63, 3.8) is 0 Å². The normalized spacial score (nSPS) is 10.8. The molecular weight excluding hydrogens is 237 g/mol. The SMILES string of the molecule is Cc1cc(CSc2cc(F)ccc2N)n(C)n1. The number of thioether (sulfide) groups is 1. The minimum absolute atomic E-state index is 0.261. The van der Waals surface area contributed by atoms with Crippen molar-refractivity contribution in [1.29, 1.82) is 0 Å². The summed E-state index contributed by atoms with van der Waals surface area (Å²) in [5.74, 6) is 0.466. The van der Waals surface area contributed by atoms with Crippen LogP contribution in [0.1, 0.15) is 11.4 Å². The zero-order chi connectivity index (χ0) is 12.4. The number of rotatable bonds is 3. The number of aryl methyl sites for hydroxylation is 2. The highest BCUT2D eigenvalue weighted by atomic mass is 32.2. The number of hydrogen-bond donors (Lipinski definition) is 1. The summed E-state index contributed by atoms with van der Waals surface area (Å²) < 4.78 is 14.9. The Morgan fingerprint density at radius 1 is 1.41 bits per heavy atom. The molecule has 2 rings (SSSR count). The van der Waals surface area contributed by atoms with Crippen LogP contribution >= 0.6 is 11.8 Å². The quantitative estimate of drug-likeness (QED) is 0.674. The van der Waals surface area contributed by atoms with Crippen LogP contribution in [0.5, 0.6) is 0 Å². The Labute approximate surface area is 104 Å². The second kappa shape index (κ2) is 4.79. The Morgan fingerprint density at radius 2 is 2.18 bits per heavy atom. The summed E-state index contributed by atoms with van der Waals surface area (Å²) in [6.45, 7) is 1.95. The zero-order valence-electron chi connectivity index (χ0n) is 9.77. The van der Waals surface area contributed by atoms with E-state index in [1.807, 2.05) is 24.7 Å². The third-order valence-electron chi connectivity index (χ3n) is 2.45. The molecule has 0 aliphatic rings. The molecule has 2 aromatic rings. The van der Waals surface area contributed by atoms with Crippen LogP contribution in [0.2, 0.25) is 0 Å². The molecular formula is C12H14FN3S. The third kappa shape index (κ3) is 2.79. The lowest BCUT2D eigenvalue weighted by atomic mass is 10.3. The van der Waals surface area contributed by atoms with E-state index in [-0.39, 0.29) is 5.82 Å². The number of hydrogen-bond acceptors (Lipinski definition) is 3. The fraction of sp³-hybridized carbons (Fsp3) is 0.250. The summed E-state index contributed by atoms with van der Waals surface area (Å²) in [5, 5.41) is 4.26. The maximum atomic E-state index is 13.1. The zero-order valence-corrected chi connectivity index (χ0v) is 10.6. The average Bonchev–Trinajstić information content (AvgIpc) is 2.59. The van der Waals surface area contributed by atoms with Crippen LogP contribution < -0.4 is 5.73 Å². The van der Waals surface area contributed by atoms with Gasteiger partial charge in [-0.15, -0.1) is 11.8 Å². The van der Waals surface area contributed by atoms with Crippen molar-refractivity contribution in [2.75, 3.05) is 5.73 Å². The van der Waals surface area contributed by atoms with E-state index in [1.165, 1.54) is 23.9 Å². The molecule has 0 saturated carbocycles. The highest BCUT2D eigenvalue weighted by Crippen LogP contribution is 2.28. The lowest BCUT2D eigenvalue weighted by Crippen LogP contribution is -1.97. The van der Waals surface area contributed by atoms with Gasteiger partial charge >= 0.3 is 0 Å². The number of nitrogens with two attached hydrogens (primary N) is 1. The van der Waals surface area contributed by atoms with E-state index >= 15 is 0 Å². The highest BCUT2D eigenvalue weighted by molar-refractivity contribution is 7.98. The summed E-state index contributed by atoms with van der Waals surface area (Å²) in [7, 11) is 1.90. The number of anilines is 1. The molecule has 3 nitrogen and oxygen atoms in total. The van der Waals surface area contributed by atoms with Crippen LogP contribution in [-0.4, -0.2) is 9.78 Å². The summed E-state index contributed by atoms with van der Waals surface area (Å²) in [6.07, 6.45) is 0. The van der Waals surface area contributed by atoms with Gasteiger partial charge in [-0.25, -0.2) is 4.39 Å². The van der Waals surface area contributed by atoms with Crippen molar-refractivity contribution in [3.8, 4) is 0 Å². The molecule has 0 atom stereocenters. The third-order valence-corrected chi connectivity index (χ3v) is 3.55. The fourth-order valence-electron chi connectivity index (χ4n) is 1.58. The predicted octanol–water partition coefficient (Wildman–Crippen LogP) is 2.74. The summed E-state index contributed by atoms with van der Waals surface area (Å²) in [5.41, 5.74) is 8.47. The molecule has 0 fully saturated rings. The molecule has 1 heterocycles. The van der Waals surface area contributed by atoms with Crippen molar-refractivity contribution in [3.05, 3.63) is 41.5 Å². The molecule has 0 aliphatic heterocycles. The lowest BCUT2D eigenvalue weighted by Gasteiger charge is -2.05. The number of benzene rings is 1. The number of nitrogen functional groups attached to an aromatic ring is 1. The Balaban J connectivity index is 2.12. The van der Waals surface area contributed by atoms with Crippen LogP contribution in [0.4, 0.5) is 10.1 Å². The van der Waals surface area contributed by atoms with Gasteiger partial charge in [0.25, 0.3) is 0 Å². The molecule has 0 amide bonds. The van der Waals surface area contributed by atoms with Gasteiger partial charge in [-0.2, -0.15) is 5.10 Å². The van der Waals surface area contributed by atoms with E-state index in [0.717, 1.165) is 22.0 Å². The number of aromatic nitrogens is 2. The van der Waals surface area contributed by atoms with E-state index in [1.54, 1.807) is 6.07 Å². The first-order valence-corrected chi connectivity index (χ1v) is 6.22. The Hall–Kier alpha value is -1.49. The first-order valence-electron chi connectivity index (χ1n) is 5.23. The second-order valence-corrected chi connectivity index (χ2v) is 4.89. The summed E-state index contributed by atoms with van der Waals surface area (Å²) in [4.78, 5) is 0.767. The van der Waals surface area contributed by atoms with Crippen molar-refractivity contribution in [2.24, 2.45) is 7.05 Å². The van der Waals surface area contributed by atoms with Gasteiger partial charge < -0.3 is 5.73 Å². The molecule has 17 heavy (non-hydrogen) atoms. The molecule has 0 aliphatic carbocycles. The number of nitrogens with zero attached hydrogens (tertiary/aromatic N) is 2. The van der Waals surface area contributed by atoms with Crippen LogP contribution in [-0.2, 0) is 12.8 Å². The van der Waals surface area contributed by atoms with Crippen molar-refractivity contribution in [1.82, 2.24) is 9.78 Å². The van der Waals surface area contributed by atoms with E-state index in [4.69, 9.17) is 5.73 Å². The Kier molecular flexibility index (Phi) is 3.38.